The average molecular weight is 348 g/mol. The Bertz CT molecular complexity index is 425. The summed E-state index contributed by atoms with van der Waals surface area (Å²) < 4.78 is 5.39. The maximum Gasteiger partial charge on any atom is 0.165 e. The zero-order valence-corrected chi connectivity index (χ0v) is 14.2. The summed E-state index contributed by atoms with van der Waals surface area (Å²) in [5, 5.41) is 18.4. The first-order valence-electron chi connectivity index (χ1n) is 7.28. The second-order valence-electron chi connectivity index (χ2n) is 5.00. The average Bonchev–Trinajstić information content (AvgIpc) is 2.55. The number of aliphatic hydroxyl groups excluding tert-OH is 2. The van der Waals surface area contributed by atoms with E-state index in [1.54, 1.807) is 24.5 Å². The highest BCUT2D eigenvalue weighted by Gasteiger charge is 2.30. The third kappa shape index (κ3) is 7.50. The van der Waals surface area contributed by atoms with Crippen LogP contribution in [0.2, 0.25) is 0 Å². The van der Waals surface area contributed by atoms with Gasteiger partial charge in [0.05, 0.1) is 17.9 Å². The van der Waals surface area contributed by atoms with Crippen molar-refractivity contribution in [3.8, 4) is 0 Å². The molecule has 0 aliphatic carbocycles. The fourth-order valence-electron chi connectivity index (χ4n) is 2.32. The standard InChI is InChI=1S/C13H21N2O5P.CH4O/c1-15(10-2-5-14-6-3-10)20-12-8-11(4-7-21(17)18)19-13(16)9-12;1-2/h2-3,5-6,11-13,16-18H,4,7-9H2,1H3;2H,1H3. The lowest BCUT2D eigenvalue weighted by Crippen LogP contribution is -2.40. The van der Waals surface area contributed by atoms with Gasteiger partial charge in [0.2, 0.25) is 0 Å². The number of pyridine rings is 1. The Morgan fingerprint density at radius 1 is 1.30 bits per heavy atom. The molecule has 0 bridgehead atoms. The molecule has 8 nitrogen and oxygen atoms in total. The van der Waals surface area contributed by atoms with E-state index in [4.69, 9.17) is 24.5 Å². The number of nitrogens with zero attached hydrogens (tertiary/aromatic N) is 2. The Kier molecular flexibility index (Phi) is 9.50. The lowest BCUT2D eigenvalue weighted by molar-refractivity contribution is -0.199. The summed E-state index contributed by atoms with van der Waals surface area (Å²) >= 11 is 0. The molecule has 9 heteroatoms. The van der Waals surface area contributed by atoms with Crippen molar-refractivity contribution in [1.29, 1.82) is 0 Å². The SMILES string of the molecule is CN(OC1CC(O)OC(CCP(O)O)C1)c1ccncc1.CO. The van der Waals surface area contributed by atoms with Crippen molar-refractivity contribution in [1.82, 2.24) is 4.98 Å². The molecule has 4 N–H and O–H groups in total. The first kappa shape index (κ1) is 20.2. The van der Waals surface area contributed by atoms with E-state index in [2.05, 4.69) is 4.98 Å². The molecular formula is C14H25N2O6P. The van der Waals surface area contributed by atoms with E-state index < -0.39 is 14.7 Å². The summed E-state index contributed by atoms with van der Waals surface area (Å²) in [5.41, 5.74) is 0.872. The molecule has 2 rings (SSSR count). The number of aromatic nitrogens is 1. The molecule has 0 aromatic carbocycles. The molecule has 1 aromatic rings. The van der Waals surface area contributed by atoms with E-state index in [0.29, 0.717) is 19.3 Å². The van der Waals surface area contributed by atoms with E-state index in [-0.39, 0.29) is 18.4 Å². The Labute approximate surface area is 137 Å². The van der Waals surface area contributed by atoms with E-state index in [9.17, 15) is 5.11 Å². The van der Waals surface area contributed by atoms with Crippen molar-refractivity contribution in [3.63, 3.8) is 0 Å². The van der Waals surface area contributed by atoms with Crippen LogP contribution in [0, 0.1) is 0 Å². The van der Waals surface area contributed by atoms with Gasteiger partial charge in [-0.25, -0.2) is 0 Å². The van der Waals surface area contributed by atoms with Gasteiger partial charge in [-0.3, -0.25) is 14.9 Å². The maximum absolute atomic E-state index is 9.75. The lowest BCUT2D eigenvalue weighted by Gasteiger charge is -2.35. The van der Waals surface area contributed by atoms with E-state index in [1.165, 1.54) is 0 Å². The molecule has 132 valence electrons. The topological polar surface area (TPSA) is 116 Å². The summed E-state index contributed by atoms with van der Waals surface area (Å²) in [5.74, 6) is 0. The largest absolute Gasteiger partial charge is 0.400 e. The highest BCUT2D eigenvalue weighted by Crippen LogP contribution is 2.30. The molecule has 0 amide bonds. The van der Waals surface area contributed by atoms with E-state index in [1.807, 2.05) is 12.1 Å². The first-order valence-corrected chi connectivity index (χ1v) is 8.72. The van der Waals surface area contributed by atoms with Gasteiger partial charge in [-0.2, -0.15) is 0 Å². The number of rotatable bonds is 6. The zero-order chi connectivity index (χ0) is 17.2. The molecule has 0 radical (unpaired) electrons. The van der Waals surface area contributed by atoms with Crippen molar-refractivity contribution < 1.29 is 29.6 Å². The normalized spacial score (nSPS) is 24.0. The Morgan fingerprint density at radius 3 is 2.57 bits per heavy atom. The van der Waals surface area contributed by atoms with Crippen LogP contribution in [0.3, 0.4) is 0 Å². The van der Waals surface area contributed by atoms with Gasteiger partial charge in [-0.15, -0.1) is 0 Å². The minimum absolute atomic E-state index is 0.180. The van der Waals surface area contributed by atoms with Gasteiger partial charge in [-0.05, 0) is 18.6 Å². The molecule has 3 atom stereocenters. The summed E-state index contributed by atoms with van der Waals surface area (Å²) in [7, 11) is 0.872. The lowest BCUT2D eigenvalue weighted by atomic mass is 10.0. The van der Waals surface area contributed by atoms with Crippen LogP contribution in [-0.4, -0.2) is 63.8 Å². The molecule has 1 fully saturated rings. The fraction of sp³-hybridized carbons (Fsp3) is 0.643. The number of hydroxylamine groups is 1. The van der Waals surface area contributed by atoms with Crippen molar-refractivity contribution in [2.75, 3.05) is 25.4 Å². The molecule has 2 heterocycles. The van der Waals surface area contributed by atoms with Crippen LogP contribution in [0.15, 0.2) is 24.5 Å². The van der Waals surface area contributed by atoms with E-state index >= 15 is 0 Å². The predicted octanol–water partition coefficient (Wildman–Crippen LogP) is 0.610. The third-order valence-corrected chi connectivity index (χ3v) is 3.98. The minimum atomic E-state index is -1.93. The highest BCUT2D eigenvalue weighted by atomic mass is 31.2. The van der Waals surface area contributed by atoms with Gasteiger partial charge >= 0.3 is 0 Å². The van der Waals surface area contributed by atoms with Crippen molar-refractivity contribution >= 4 is 14.1 Å². The molecule has 23 heavy (non-hydrogen) atoms. The van der Waals surface area contributed by atoms with Crippen LogP contribution in [0.1, 0.15) is 19.3 Å². The molecule has 1 aliphatic rings. The molecule has 1 saturated heterocycles. The number of ether oxygens (including phenoxy) is 1. The smallest absolute Gasteiger partial charge is 0.165 e. The first-order chi connectivity index (χ1) is 11.0. The molecule has 1 aliphatic heterocycles. The fourth-order valence-corrected chi connectivity index (χ4v) is 2.84. The van der Waals surface area contributed by atoms with Gasteiger partial charge in [0.15, 0.2) is 14.7 Å². The third-order valence-electron chi connectivity index (χ3n) is 3.32. The van der Waals surface area contributed by atoms with Gasteiger partial charge in [0.1, 0.15) is 0 Å². The monoisotopic (exact) mass is 348 g/mol. The Hall–Kier alpha value is -0.860. The van der Waals surface area contributed by atoms with Crippen molar-refractivity contribution in [2.45, 2.75) is 37.8 Å². The minimum Gasteiger partial charge on any atom is -0.400 e. The Balaban J connectivity index is 0.00000127. The molecule has 0 saturated carbocycles. The van der Waals surface area contributed by atoms with Gasteiger partial charge < -0.3 is 24.7 Å². The molecule has 1 aromatic heterocycles. The molecular weight excluding hydrogens is 323 g/mol. The van der Waals surface area contributed by atoms with Crippen molar-refractivity contribution in [2.24, 2.45) is 0 Å². The maximum atomic E-state index is 9.75. The quantitative estimate of drug-likeness (QED) is 0.437. The highest BCUT2D eigenvalue weighted by molar-refractivity contribution is 7.45. The molecule has 0 spiro atoms. The summed E-state index contributed by atoms with van der Waals surface area (Å²) in [6, 6.07) is 3.66. The summed E-state index contributed by atoms with van der Waals surface area (Å²) in [4.78, 5) is 27.7. The van der Waals surface area contributed by atoms with Crippen molar-refractivity contribution in [3.05, 3.63) is 24.5 Å². The van der Waals surface area contributed by atoms with Crippen LogP contribution in [0.25, 0.3) is 0 Å². The number of aliphatic hydroxyl groups is 2. The second kappa shape index (κ2) is 10.8. The second-order valence-corrected chi connectivity index (χ2v) is 6.19. The predicted molar refractivity (Wildman–Crippen MR) is 86.6 cm³/mol. The van der Waals surface area contributed by atoms with Gasteiger partial charge in [-0.1, -0.05) is 0 Å². The van der Waals surface area contributed by atoms with Crippen LogP contribution >= 0.6 is 8.38 Å². The zero-order valence-electron chi connectivity index (χ0n) is 13.3. The van der Waals surface area contributed by atoms with Crippen LogP contribution in [0.4, 0.5) is 5.69 Å². The molecule has 3 unspecified atom stereocenters. The number of hydrogen-bond donors (Lipinski definition) is 4. The van der Waals surface area contributed by atoms with Crippen LogP contribution in [0.5, 0.6) is 0 Å². The van der Waals surface area contributed by atoms with Gasteiger partial charge in [0, 0.05) is 45.6 Å². The summed E-state index contributed by atoms with van der Waals surface area (Å²) in [6.45, 7) is 0. The van der Waals surface area contributed by atoms with Gasteiger partial charge in [0.25, 0.3) is 0 Å². The number of anilines is 1. The number of hydrogen-bond acceptors (Lipinski definition) is 8. The van der Waals surface area contributed by atoms with Crippen LogP contribution in [-0.2, 0) is 9.57 Å². The van der Waals surface area contributed by atoms with Crippen LogP contribution < -0.4 is 5.06 Å². The van der Waals surface area contributed by atoms with E-state index in [0.717, 1.165) is 12.8 Å². The summed E-state index contributed by atoms with van der Waals surface area (Å²) in [6.07, 6.45) is 3.84. The Morgan fingerprint density at radius 2 is 1.96 bits per heavy atom.